The molecule has 206 valence electrons. The van der Waals surface area contributed by atoms with Crippen LogP contribution in [-0.4, -0.2) is 69.3 Å². The van der Waals surface area contributed by atoms with Crippen molar-refractivity contribution >= 4 is 11.9 Å². The predicted octanol–water partition coefficient (Wildman–Crippen LogP) is 4.72. The first-order valence-electron chi connectivity index (χ1n) is 12.1. The molecule has 0 unspecified atom stereocenters. The van der Waals surface area contributed by atoms with Gasteiger partial charge in [0, 0.05) is 37.3 Å². The lowest BCUT2D eigenvalue weighted by Gasteiger charge is -2.29. The average molecular weight is 517 g/mol. The second-order valence-corrected chi connectivity index (χ2v) is 10.9. The van der Waals surface area contributed by atoms with E-state index in [0.29, 0.717) is 37.3 Å². The highest BCUT2D eigenvalue weighted by Crippen LogP contribution is 2.20. The van der Waals surface area contributed by atoms with E-state index in [1.165, 1.54) is 0 Å². The van der Waals surface area contributed by atoms with Crippen molar-refractivity contribution in [3.63, 3.8) is 0 Å². The maximum Gasteiger partial charge on any atom is 0.320 e. The summed E-state index contributed by atoms with van der Waals surface area (Å²) in [7, 11) is 0. The number of esters is 2. The van der Waals surface area contributed by atoms with Gasteiger partial charge in [0.15, 0.2) is 0 Å². The highest BCUT2D eigenvalue weighted by molar-refractivity contribution is 5.72. The molecule has 0 heterocycles. The number of nitrogens with zero attached hydrogens (tertiary/aromatic N) is 2. The zero-order valence-corrected chi connectivity index (χ0v) is 22.3. The van der Waals surface area contributed by atoms with Crippen LogP contribution in [-0.2, 0) is 32.2 Å². The number of hydrogen-bond donors (Lipinski definition) is 2. The SMILES string of the molecule is C.CC(C)(C)OC(=O)CN(CCN(CC(=O)OC(C)(C)C)Cc1ccccc1O)Cc1ccccc1O. The van der Waals surface area contributed by atoms with Crippen molar-refractivity contribution in [3.05, 3.63) is 59.7 Å². The number of hydrogen-bond acceptors (Lipinski definition) is 8. The summed E-state index contributed by atoms with van der Waals surface area (Å²) < 4.78 is 11.0. The average Bonchev–Trinajstić information content (AvgIpc) is 2.72. The monoisotopic (exact) mass is 516 g/mol. The van der Waals surface area contributed by atoms with Gasteiger partial charge >= 0.3 is 11.9 Å². The Balaban J connectivity index is 0.00000684. The van der Waals surface area contributed by atoms with Gasteiger partial charge in [-0.1, -0.05) is 43.8 Å². The number of para-hydroxylation sites is 2. The molecule has 37 heavy (non-hydrogen) atoms. The van der Waals surface area contributed by atoms with Crippen LogP contribution in [0, 0.1) is 0 Å². The second kappa shape index (κ2) is 14.0. The molecular weight excluding hydrogens is 472 g/mol. The van der Waals surface area contributed by atoms with E-state index >= 15 is 0 Å². The van der Waals surface area contributed by atoms with Crippen LogP contribution in [0.2, 0.25) is 0 Å². The van der Waals surface area contributed by atoms with Gasteiger partial charge in [0.2, 0.25) is 0 Å². The Hall–Kier alpha value is -3.10. The highest BCUT2D eigenvalue weighted by atomic mass is 16.6. The Morgan fingerprint density at radius 2 is 1.00 bits per heavy atom. The van der Waals surface area contributed by atoms with E-state index in [4.69, 9.17) is 9.47 Å². The zero-order valence-electron chi connectivity index (χ0n) is 22.3. The van der Waals surface area contributed by atoms with Crippen LogP contribution >= 0.6 is 0 Å². The molecule has 0 saturated heterocycles. The van der Waals surface area contributed by atoms with Gasteiger partial charge in [0.05, 0.1) is 13.1 Å². The molecule has 8 nitrogen and oxygen atoms in total. The molecular formula is C29H44N2O6. The zero-order chi connectivity index (χ0) is 26.9. The minimum Gasteiger partial charge on any atom is -0.508 e. The predicted molar refractivity (Wildman–Crippen MR) is 145 cm³/mol. The van der Waals surface area contributed by atoms with E-state index in [0.717, 1.165) is 0 Å². The molecule has 0 atom stereocenters. The summed E-state index contributed by atoms with van der Waals surface area (Å²) in [5.41, 5.74) is 0.122. The number of phenols is 2. The first-order chi connectivity index (χ1) is 16.7. The van der Waals surface area contributed by atoms with Gasteiger partial charge in [-0.3, -0.25) is 19.4 Å². The fourth-order valence-corrected chi connectivity index (χ4v) is 3.59. The van der Waals surface area contributed by atoms with Gasteiger partial charge in [-0.05, 0) is 53.7 Å². The summed E-state index contributed by atoms with van der Waals surface area (Å²) in [5.74, 6) is -0.465. The Bertz CT molecular complexity index is 928. The third-order valence-corrected chi connectivity index (χ3v) is 5.05. The van der Waals surface area contributed by atoms with E-state index in [-0.39, 0.29) is 44.0 Å². The number of ether oxygens (including phenoxy) is 2. The van der Waals surface area contributed by atoms with Crippen molar-refractivity contribution in [1.29, 1.82) is 0 Å². The molecule has 0 fully saturated rings. The molecule has 8 heteroatoms. The van der Waals surface area contributed by atoms with Crippen molar-refractivity contribution in [2.45, 2.75) is 73.3 Å². The topological polar surface area (TPSA) is 99.5 Å². The maximum atomic E-state index is 12.6. The van der Waals surface area contributed by atoms with E-state index < -0.39 is 11.2 Å². The minimum absolute atomic E-state index is 0. The highest BCUT2D eigenvalue weighted by Gasteiger charge is 2.23. The number of phenolic OH excluding ortho intramolecular Hbond substituents is 2. The minimum atomic E-state index is -0.620. The Morgan fingerprint density at radius 1 is 0.676 bits per heavy atom. The molecule has 0 saturated carbocycles. The van der Waals surface area contributed by atoms with Crippen LogP contribution < -0.4 is 0 Å². The number of carbonyl (C=O) groups excluding carboxylic acids is 2. The van der Waals surface area contributed by atoms with Gasteiger partial charge in [0.1, 0.15) is 22.7 Å². The lowest BCUT2D eigenvalue weighted by molar-refractivity contribution is -0.158. The second-order valence-electron chi connectivity index (χ2n) is 10.9. The smallest absolute Gasteiger partial charge is 0.320 e. The molecule has 0 amide bonds. The Labute approximate surface area is 221 Å². The largest absolute Gasteiger partial charge is 0.508 e. The van der Waals surface area contributed by atoms with E-state index in [2.05, 4.69) is 0 Å². The third kappa shape index (κ3) is 12.6. The Kier molecular flexibility index (Phi) is 12.1. The van der Waals surface area contributed by atoms with Crippen molar-refractivity contribution < 1.29 is 29.3 Å². The number of carbonyl (C=O) groups is 2. The fraction of sp³-hybridized carbons (Fsp3) is 0.517. The van der Waals surface area contributed by atoms with Crippen molar-refractivity contribution in [2.24, 2.45) is 0 Å². The van der Waals surface area contributed by atoms with Crippen LogP contribution in [0.3, 0.4) is 0 Å². The first-order valence-corrected chi connectivity index (χ1v) is 12.1. The summed E-state index contributed by atoms with van der Waals surface area (Å²) in [6, 6.07) is 14.0. The van der Waals surface area contributed by atoms with Crippen molar-refractivity contribution in [2.75, 3.05) is 26.2 Å². The quantitative estimate of drug-likeness (QED) is 0.414. The first kappa shape index (κ1) is 31.9. The van der Waals surface area contributed by atoms with Gasteiger partial charge < -0.3 is 19.7 Å². The van der Waals surface area contributed by atoms with E-state index in [1.807, 2.05) is 63.5 Å². The molecule has 0 aliphatic rings. The summed E-state index contributed by atoms with van der Waals surface area (Å²) >= 11 is 0. The molecule has 0 spiro atoms. The van der Waals surface area contributed by atoms with Gasteiger partial charge in [0.25, 0.3) is 0 Å². The molecule has 2 aromatic rings. The van der Waals surface area contributed by atoms with Crippen molar-refractivity contribution in [1.82, 2.24) is 9.80 Å². The molecule has 0 aliphatic heterocycles. The summed E-state index contributed by atoms with van der Waals surface area (Å²) in [6.07, 6.45) is 0. The summed E-state index contributed by atoms with van der Waals surface area (Å²) in [5, 5.41) is 20.5. The van der Waals surface area contributed by atoms with E-state index in [1.54, 1.807) is 36.4 Å². The van der Waals surface area contributed by atoms with Gasteiger partial charge in [-0.2, -0.15) is 0 Å². The third-order valence-electron chi connectivity index (χ3n) is 5.05. The number of aromatic hydroxyl groups is 2. The Morgan fingerprint density at radius 3 is 1.30 bits per heavy atom. The summed E-state index contributed by atoms with van der Waals surface area (Å²) in [6.45, 7) is 12.4. The number of rotatable bonds is 11. The maximum absolute atomic E-state index is 12.6. The molecule has 0 aliphatic carbocycles. The summed E-state index contributed by atoms with van der Waals surface area (Å²) in [4.78, 5) is 29.0. The molecule has 2 aromatic carbocycles. The molecule has 0 radical (unpaired) electrons. The molecule has 2 rings (SSSR count). The van der Waals surface area contributed by atoms with Crippen LogP contribution in [0.5, 0.6) is 11.5 Å². The van der Waals surface area contributed by atoms with Crippen LogP contribution in [0.25, 0.3) is 0 Å². The van der Waals surface area contributed by atoms with Gasteiger partial charge in [-0.15, -0.1) is 0 Å². The lowest BCUT2D eigenvalue weighted by Crippen LogP contribution is -2.41. The lowest BCUT2D eigenvalue weighted by atomic mass is 10.1. The molecule has 0 aromatic heterocycles. The van der Waals surface area contributed by atoms with Crippen LogP contribution in [0.15, 0.2) is 48.5 Å². The van der Waals surface area contributed by atoms with Crippen LogP contribution in [0.1, 0.15) is 60.1 Å². The number of benzene rings is 2. The van der Waals surface area contributed by atoms with Gasteiger partial charge in [-0.25, -0.2) is 0 Å². The molecule has 2 N–H and O–H groups in total. The van der Waals surface area contributed by atoms with Crippen molar-refractivity contribution in [3.8, 4) is 11.5 Å². The fourth-order valence-electron chi connectivity index (χ4n) is 3.59. The standard InChI is InChI=1S/C28H40N2O6.CH4/c1-27(2,3)35-25(33)19-29(17-21-11-7-9-13-23(21)31)15-16-30(20-26(34)36-28(4,5)6)18-22-12-8-10-14-24(22)32;/h7-14,31-32H,15-20H2,1-6H3;1H4. The molecule has 0 bridgehead atoms. The normalized spacial score (nSPS) is 11.8. The van der Waals surface area contributed by atoms with Crippen LogP contribution in [0.4, 0.5) is 0 Å². The van der Waals surface area contributed by atoms with E-state index in [9.17, 15) is 19.8 Å².